The summed E-state index contributed by atoms with van der Waals surface area (Å²) in [6, 6.07) is 8.89. The molecule has 1 aliphatic rings. The lowest BCUT2D eigenvalue weighted by molar-refractivity contribution is 0.413. The lowest BCUT2D eigenvalue weighted by atomic mass is 9.87. The van der Waals surface area contributed by atoms with Crippen molar-refractivity contribution in [3.05, 3.63) is 53.3 Å². The highest BCUT2D eigenvalue weighted by atomic mass is 16.5. The Morgan fingerprint density at radius 1 is 1.25 bits per heavy atom. The SMILES string of the molecule is COc1ccc2c(c1)C(Nc1cncc(C)c1)CCC2. The van der Waals surface area contributed by atoms with E-state index in [1.165, 1.54) is 23.1 Å². The molecule has 3 heteroatoms. The van der Waals surface area contributed by atoms with E-state index in [4.69, 9.17) is 4.74 Å². The molecule has 3 nitrogen and oxygen atoms in total. The van der Waals surface area contributed by atoms with Gasteiger partial charge in [0.1, 0.15) is 5.75 Å². The van der Waals surface area contributed by atoms with Crippen molar-refractivity contribution in [3.8, 4) is 5.75 Å². The van der Waals surface area contributed by atoms with Gasteiger partial charge in [-0.2, -0.15) is 0 Å². The predicted octanol–water partition coefficient (Wildman–Crippen LogP) is 3.89. The molecule has 0 saturated carbocycles. The molecule has 0 amide bonds. The largest absolute Gasteiger partial charge is 0.497 e. The molecular weight excluding hydrogens is 248 g/mol. The minimum Gasteiger partial charge on any atom is -0.497 e. The molecule has 0 bridgehead atoms. The van der Waals surface area contributed by atoms with Crippen LogP contribution in [0.25, 0.3) is 0 Å². The van der Waals surface area contributed by atoms with E-state index in [0.29, 0.717) is 6.04 Å². The minimum absolute atomic E-state index is 0.345. The first-order valence-corrected chi connectivity index (χ1v) is 7.11. The third-order valence-corrected chi connectivity index (χ3v) is 3.88. The van der Waals surface area contributed by atoms with Crippen LogP contribution in [0.4, 0.5) is 5.69 Å². The fraction of sp³-hybridized carbons (Fsp3) is 0.353. The molecule has 20 heavy (non-hydrogen) atoms. The van der Waals surface area contributed by atoms with Gasteiger partial charge in [-0.15, -0.1) is 0 Å². The van der Waals surface area contributed by atoms with Crippen molar-refractivity contribution in [3.63, 3.8) is 0 Å². The van der Waals surface area contributed by atoms with Gasteiger partial charge in [0.05, 0.1) is 18.8 Å². The van der Waals surface area contributed by atoms with E-state index in [-0.39, 0.29) is 0 Å². The fourth-order valence-corrected chi connectivity index (χ4v) is 2.89. The van der Waals surface area contributed by atoms with Crippen molar-refractivity contribution in [2.75, 3.05) is 12.4 Å². The van der Waals surface area contributed by atoms with Crippen molar-refractivity contribution in [2.45, 2.75) is 32.2 Å². The van der Waals surface area contributed by atoms with E-state index in [2.05, 4.69) is 41.5 Å². The average Bonchev–Trinajstić information content (AvgIpc) is 2.47. The molecule has 1 aliphatic carbocycles. The van der Waals surface area contributed by atoms with Gasteiger partial charge in [0.2, 0.25) is 0 Å². The summed E-state index contributed by atoms with van der Waals surface area (Å²) in [5.74, 6) is 0.930. The number of ether oxygens (including phenoxy) is 1. The molecule has 0 spiro atoms. The number of benzene rings is 1. The summed E-state index contributed by atoms with van der Waals surface area (Å²) in [5.41, 5.74) is 5.05. The van der Waals surface area contributed by atoms with E-state index in [9.17, 15) is 0 Å². The van der Waals surface area contributed by atoms with Crippen LogP contribution in [0.3, 0.4) is 0 Å². The van der Waals surface area contributed by atoms with Crippen molar-refractivity contribution in [1.29, 1.82) is 0 Å². The van der Waals surface area contributed by atoms with Crippen LogP contribution in [-0.2, 0) is 6.42 Å². The van der Waals surface area contributed by atoms with Crippen LogP contribution < -0.4 is 10.1 Å². The molecule has 1 unspecified atom stereocenters. The number of hydrogen-bond acceptors (Lipinski definition) is 3. The third kappa shape index (κ3) is 2.62. The Morgan fingerprint density at radius 2 is 2.15 bits per heavy atom. The third-order valence-electron chi connectivity index (χ3n) is 3.88. The summed E-state index contributed by atoms with van der Waals surface area (Å²) in [6.45, 7) is 2.07. The monoisotopic (exact) mass is 268 g/mol. The van der Waals surface area contributed by atoms with Gasteiger partial charge in [-0.05, 0) is 61.1 Å². The number of aryl methyl sites for hydroxylation is 2. The van der Waals surface area contributed by atoms with Gasteiger partial charge in [0.25, 0.3) is 0 Å². The van der Waals surface area contributed by atoms with Crippen molar-refractivity contribution in [2.24, 2.45) is 0 Å². The molecule has 1 atom stereocenters. The smallest absolute Gasteiger partial charge is 0.119 e. The number of fused-ring (bicyclic) bond motifs is 1. The maximum absolute atomic E-state index is 5.36. The number of hydrogen-bond donors (Lipinski definition) is 1. The van der Waals surface area contributed by atoms with Gasteiger partial charge < -0.3 is 10.1 Å². The van der Waals surface area contributed by atoms with E-state index < -0.39 is 0 Å². The predicted molar refractivity (Wildman–Crippen MR) is 81.3 cm³/mol. The van der Waals surface area contributed by atoms with Gasteiger partial charge in [-0.1, -0.05) is 6.07 Å². The molecule has 1 aromatic carbocycles. The minimum atomic E-state index is 0.345. The van der Waals surface area contributed by atoms with Crippen LogP contribution >= 0.6 is 0 Å². The number of nitrogens with one attached hydrogen (secondary N) is 1. The second kappa shape index (κ2) is 5.53. The van der Waals surface area contributed by atoms with Crippen LogP contribution in [0.1, 0.15) is 35.6 Å². The highest BCUT2D eigenvalue weighted by Gasteiger charge is 2.20. The molecule has 104 valence electrons. The summed E-state index contributed by atoms with van der Waals surface area (Å²) >= 11 is 0. The average molecular weight is 268 g/mol. The standard InChI is InChI=1S/C17H20N2O/c1-12-8-14(11-18-10-12)19-17-5-3-4-13-6-7-15(20-2)9-16(13)17/h6-11,17,19H,3-5H2,1-2H3. The zero-order chi connectivity index (χ0) is 13.9. The zero-order valence-corrected chi connectivity index (χ0v) is 12.0. The van der Waals surface area contributed by atoms with Crippen molar-refractivity contribution >= 4 is 5.69 Å². The van der Waals surface area contributed by atoms with E-state index in [0.717, 1.165) is 24.3 Å². The van der Waals surface area contributed by atoms with Crippen LogP contribution in [0.5, 0.6) is 5.75 Å². The maximum Gasteiger partial charge on any atom is 0.119 e. The second-order valence-electron chi connectivity index (χ2n) is 5.40. The van der Waals surface area contributed by atoms with Gasteiger partial charge >= 0.3 is 0 Å². The quantitative estimate of drug-likeness (QED) is 0.917. The summed E-state index contributed by atoms with van der Waals surface area (Å²) in [5, 5.41) is 3.61. The Morgan fingerprint density at radius 3 is 2.95 bits per heavy atom. The second-order valence-corrected chi connectivity index (χ2v) is 5.40. The van der Waals surface area contributed by atoms with Crippen LogP contribution in [0, 0.1) is 6.92 Å². The highest BCUT2D eigenvalue weighted by Crippen LogP contribution is 2.34. The molecular formula is C17H20N2O. The number of anilines is 1. The van der Waals surface area contributed by atoms with E-state index >= 15 is 0 Å². The summed E-state index contributed by atoms with van der Waals surface area (Å²) in [7, 11) is 1.72. The molecule has 1 heterocycles. The molecule has 0 fully saturated rings. The Balaban J connectivity index is 1.89. The van der Waals surface area contributed by atoms with Gasteiger partial charge in [-0.3, -0.25) is 4.98 Å². The Bertz CT molecular complexity index is 610. The van der Waals surface area contributed by atoms with E-state index in [1.807, 2.05) is 12.4 Å². The molecule has 3 rings (SSSR count). The normalized spacial score (nSPS) is 17.4. The number of rotatable bonds is 3. The number of pyridine rings is 1. The van der Waals surface area contributed by atoms with Gasteiger partial charge in [0.15, 0.2) is 0 Å². The Labute approximate surface area is 120 Å². The Kier molecular flexibility index (Phi) is 3.59. The van der Waals surface area contributed by atoms with Gasteiger partial charge in [0, 0.05) is 12.4 Å². The number of methoxy groups -OCH3 is 1. The number of aromatic nitrogens is 1. The lowest BCUT2D eigenvalue weighted by Crippen LogP contribution is -2.17. The van der Waals surface area contributed by atoms with Crippen LogP contribution in [-0.4, -0.2) is 12.1 Å². The molecule has 0 saturated heterocycles. The zero-order valence-electron chi connectivity index (χ0n) is 12.0. The van der Waals surface area contributed by atoms with Crippen molar-refractivity contribution < 1.29 is 4.74 Å². The molecule has 0 radical (unpaired) electrons. The lowest BCUT2D eigenvalue weighted by Gasteiger charge is -2.27. The van der Waals surface area contributed by atoms with Crippen LogP contribution in [0.2, 0.25) is 0 Å². The van der Waals surface area contributed by atoms with Gasteiger partial charge in [-0.25, -0.2) is 0 Å². The molecule has 1 aromatic heterocycles. The summed E-state index contributed by atoms with van der Waals surface area (Å²) in [6.07, 6.45) is 7.29. The highest BCUT2D eigenvalue weighted by molar-refractivity contribution is 5.48. The molecule has 2 aromatic rings. The first-order chi connectivity index (χ1) is 9.76. The maximum atomic E-state index is 5.36. The van der Waals surface area contributed by atoms with E-state index in [1.54, 1.807) is 7.11 Å². The summed E-state index contributed by atoms with van der Waals surface area (Å²) < 4.78 is 5.36. The topological polar surface area (TPSA) is 34.1 Å². The Hall–Kier alpha value is -2.03. The number of nitrogens with zero attached hydrogens (tertiary/aromatic N) is 1. The molecule has 1 N–H and O–H groups in total. The summed E-state index contributed by atoms with van der Waals surface area (Å²) in [4.78, 5) is 4.25. The van der Waals surface area contributed by atoms with Crippen LogP contribution in [0.15, 0.2) is 36.7 Å². The first kappa shape index (κ1) is 13.0. The first-order valence-electron chi connectivity index (χ1n) is 7.11. The molecule has 0 aliphatic heterocycles. The van der Waals surface area contributed by atoms with Crippen molar-refractivity contribution in [1.82, 2.24) is 4.98 Å². The fourth-order valence-electron chi connectivity index (χ4n) is 2.89.